The first kappa shape index (κ1) is 14.4. The van der Waals surface area contributed by atoms with Gasteiger partial charge in [-0.3, -0.25) is 4.79 Å². The van der Waals surface area contributed by atoms with Crippen LogP contribution in [0.3, 0.4) is 0 Å². The summed E-state index contributed by atoms with van der Waals surface area (Å²) in [6.07, 6.45) is 1.63. The van der Waals surface area contributed by atoms with Crippen molar-refractivity contribution in [2.24, 2.45) is 5.92 Å². The van der Waals surface area contributed by atoms with Crippen molar-refractivity contribution in [3.63, 3.8) is 0 Å². The van der Waals surface area contributed by atoms with Crippen molar-refractivity contribution in [2.75, 3.05) is 7.05 Å². The van der Waals surface area contributed by atoms with Gasteiger partial charge in [-0.1, -0.05) is 13.8 Å². The van der Waals surface area contributed by atoms with Crippen molar-refractivity contribution in [3.8, 4) is 0 Å². The van der Waals surface area contributed by atoms with E-state index in [0.717, 1.165) is 6.42 Å². The molecule has 0 aromatic carbocycles. The zero-order valence-electron chi connectivity index (χ0n) is 10.7. The van der Waals surface area contributed by atoms with E-state index in [1.54, 1.807) is 11.8 Å². The lowest BCUT2D eigenvalue weighted by Gasteiger charge is -2.26. The Morgan fingerprint density at radius 2 is 1.80 bits per heavy atom. The predicted molar refractivity (Wildman–Crippen MR) is 62.6 cm³/mol. The molecule has 0 bridgehead atoms. The number of hydrogen-bond donors (Lipinski definition) is 1. The van der Waals surface area contributed by atoms with Gasteiger partial charge in [-0.15, -0.1) is 0 Å². The molecule has 0 aliphatic carbocycles. The van der Waals surface area contributed by atoms with Crippen molar-refractivity contribution in [1.82, 2.24) is 4.90 Å². The number of nitrogens with zero attached hydrogens (tertiary/aromatic N) is 1. The maximum atomic E-state index is 11.7. The number of rotatable bonds is 6. The van der Waals surface area contributed by atoms with E-state index in [1.165, 1.54) is 0 Å². The van der Waals surface area contributed by atoms with Crippen molar-refractivity contribution in [2.45, 2.75) is 59.1 Å². The molecule has 3 nitrogen and oxygen atoms in total. The Morgan fingerprint density at radius 3 is 2.20 bits per heavy atom. The standard InChI is InChI=1S/C12H25NO2/c1-9(2)8-10(3)13(5)12(15)7-6-11(4)14/h9-11,14H,6-8H2,1-5H3. The molecule has 0 radical (unpaired) electrons. The molecule has 0 aromatic heterocycles. The molecule has 1 N–H and O–H groups in total. The van der Waals surface area contributed by atoms with E-state index in [4.69, 9.17) is 5.11 Å². The third kappa shape index (κ3) is 6.50. The summed E-state index contributed by atoms with van der Waals surface area (Å²) in [7, 11) is 1.84. The van der Waals surface area contributed by atoms with Gasteiger partial charge in [-0.05, 0) is 32.6 Å². The third-order valence-electron chi connectivity index (χ3n) is 2.64. The molecule has 0 fully saturated rings. The molecule has 15 heavy (non-hydrogen) atoms. The molecule has 0 aliphatic rings. The summed E-state index contributed by atoms with van der Waals surface area (Å²) in [4.78, 5) is 13.5. The lowest BCUT2D eigenvalue weighted by Crippen LogP contribution is -2.36. The van der Waals surface area contributed by atoms with Crippen LogP contribution in [-0.4, -0.2) is 35.1 Å². The Hall–Kier alpha value is -0.570. The van der Waals surface area contributed by atoms with Gasteiger partial charge in [-0.2, -0.15) is 0 Å². The normalized spacial score (nSPS) is 15.1. The summed E-state index contributed by atoms with van der Waals surface area (Å²) < 4.78 is 0. The summed E-state index contributed by atoms with van der Waals surface area (Å²) >= 11 is 0. The Kier molecular flexibility index (Phi) is 6.57. The SMILES string of the molecule is CC(C)CC(C)N(C)C(=O)CCC(C)O. The molecule has 90 valence electrons. The second kappa shape index (κ2) is 6.83. The molecule has 1 amide bonds. The van der Waals surface area contributed by atoms with Crippen LogP contribution in [0.1, 0.15) is 47.0 Å². The predicted octanol–water partition coefficient (Wildman–Crippen LogP) is 2.04. The molecule has 0 saturated heterocycles. The lowest BCUT2D eigenvalue weighted by atomic mass is 10.0. The van der Waals surface area contributed by atoms with Crippen molar-refractivity contribution in [1.29, 1.82) is 0 Å². The molecule has 3 heteroatoms. The summed E-state index contributed by atoms with van der Waals surface area (Å²) in [5.41, 5.74) is 0. The average molecular weight is 215 g/mol. The fraction of sp³-hybridized carbons (Fsp3) is 0.917. The van der Waals surface area contributed by atoms with Gasteiger partial charge in [0.2, 0.25) is 5.91 Å². The van der Waals surface area contributed by atoms with Gasteiger partial charge in [0, 0.05) is 19.5 Å². The van der Waals surface area contributed by atoms with Gasteiger partial charge in [0.1, 0.15) is 0 Å². The number of carbonyl (C=O) groups is 1. The summed E-state index contributed by atoms with van der Waals surface area (Å²) in [6.45, 7) is 8.10. The fourth-order valence-corrected chi connectivity index (χ4v) is 1.59. The maximum Gasteiger partial charge on any atom is 0.222 e. The van der Waals surface area contributed by atoms with Gasteiger partial charge >= 0.3 is 0 Å². The molecule has 0 aromatic rings. The van der Waals surface area contributed by atoms with E-state index in [1.807, 2.05) is 7.05 Å². The highest BCUT2D eigenvalue weighted by atomic mass is 16.3. The summed E-state index contributed by atoms with van der Waals surface area (Å²) in [5.74, 6) is 0.732. The molecular weight excluding hydrogens is 190 g/mol. The van der Waals surface area contributed by atoms with Crippen molar-refractivity contribution < 1.29 is 9.90 Å². The Balaban J connectivity index is 3.96. The Bertz CT molecular complexity index is 190. The third-order valence-corrected chi connectivity index (χ3v) is 2.64. The van der Waals surface area contributed by atoms with Gasteiger partial charge in [0.25, 0.3) is 0 Å². The molecular formula is C12H25NO2. The highest BCUT2D eigenvalue weighted by Crippen LogP contribution is 2.11. The van der Waals surface area contributed by atoms with Crippen LogP contribution in [0, 0.1) is 5.92 Å². The molecule has 0 aliphatic heterocycles. The van der Waals surface area contributed by atoms with Crippen LogP contribution >= 0.6 is 0 Å². The number of carbonyl (C=O) groups excluding carboxylic acids is 1. The van der Waals surface area contributed by atoms with E-state index in [9.17, 15) is 4.79 Å². The van der Waals surface area contributed by atoms with Gasteiger partial charge < -0.3 is 10.0 Å². The lowest BCUT2D eigenvalue weighted by molar-refractivity contribution is -0.132. The van der Waals surface area contributed by atoms with Crippen LogP contribution in [-0.2, 0) is 4.79 Å². The van der Waals surface area contributed by atoms with Crippen LogP contribution in [0.4, 0.5) is 0 Å². The molecule has 0 rings (SSSR count). The van der Waals surface area contributed by atoms with Crippen LogP contribution in [0.5, 0.6) is 0 Å². The Morgan fingerprint density at radius 1 is 1.27 bits per heavy atom. The first-order valence-electron chi connectivity index (χ1n) is 5.78. The van der Waals surface area contributed by atoms with E-state index in [-0.39, 0.29) is 18.1 Å². The topological polar surface area (TPSA) is 40.5 Å². The highest BCUT2D eigenvalue weighted by Gasteiger charge is 2.16. The summed E-state index contributed by atoms with van der Waals surface area (Å²) in [6, 6.07) is 0.284. The number of aliphatic hydroxyl groups is 1. The first-order chi connectivity index (χ1) is 6.84. The first-order valence-corrected chi connectivity index (χ1v) is 5.78. The van der Waals surface area contributed by atoms with E-state index >= 15 is 0 Å². The second-order valence-electron chi connectivity index (χ2n) is 4.87. The summed E-state index contributed by atoms with van der Waals surface area (Å²) in [5, 5.41) is 9.10. The largest absolute Gasteiger partial charge is 0.393 e. The van der Waals surface area contributed by atoms with E-state index < -0.39 is 0 Å². The van der Waals surface area contributed by atoms with Crippen LogP contribution in [0.15, 0.2) is 0 Å². The second-order valence-corrected chi connectivity index (χ2v) is 4.87. The maximum absolute atomic E-state index is 11.7. The van der Waals surface area contributed by atoms with Gasteiger partial charge in [0.05, 0.1) is 6.10 Å². The van der Waals surface area contributed by atoms with Crippen LogP contribution < -0.4 is 0 Å². The average Bonchev–Trinajstić information content (AvgIpc) is 2.11. The van der Waals surface area contributed by atoms with E-state index in [2.05, 4.69) is 20.8 Å². The minimum absolute atomic E-state index is 0.129. The minimum atomic E-state index is -0.386. The quantitative estimate of drug-likeness (QED) is 0.736. The zero-order chi connectivity index (χ0) is 12.0. The van der Waals surface area contributed by atoms with E-state index in [0.29, 0.717) is 18.8 Å². The van der Waals surface area contributed by atoms with Gasteiger partial charge in [0.15, 0.2) is 0 Å². The number of amides is 1. The molecule has 0 heterocycles. The minimum Gasteiger partial charge on any atom is -0.393 e. The molecule has 2 unspecified atom stereocenters. The fourth-order valence-electron chi connectivity index (χ4n) is 1.59. The zero-order valence-corrected chi connectivity index (χ0v) is 10.7. The molecule has 0 saturated carbocycles. The number of hydrogen-bond acceptors (Lipinski definition) is 2. The Labute approximate surface area is 93.5 Å². The van der Waals surface area contributed by atoms with Crippen molar-refractivity contribution >= 4 is 5.91 Å². The van der Waals surface area contributed by atoms with Crippen LogP contribution in [0.2, 0.25) is 0 Å². The van der Waals surface area contributed by atoms with Crippen molar-refractivity contribution in [3.05, 3.63) is 0 Å². The molecule has 0 spiro atoms. The smallest absolute Gasteiger partial charge is 0.222 e. The van der Waals surface area contributed by atoms with Gasteiger partial charge in [-0.25, -0.2) is 0 Å². The number of aliphatic hydroxyl groups excluding tert-OH is 1. The highest BCUT2D eigenvalue weighted by molar-refractivity contribution is 5.76. The molecule has 2 atom stereocenters. The van der Waals surface area contributed by atoms with Crippen LogP contribution in [0.25, 0.3) is 0 Å². The monoisotopic (exact) mass is 215 g/mol.